The third-order valence-corrected chi connectivity index (χ3v) is 0.215. The number of halogens is 1. The fraction of sp³-hybridized carbons (Fsp3) is 0.333. The lowest BCUT2D eigenvalue weighted by Crippen LogP contribution is -1.86. The van der Waals surface area contributed by atoms with Gasteiger partial charge in [-0.25, -0.2) is 0 Å². The van der Waals surface area contributed by atoms with Crippen molar-refractivity contribution in [1.82, 2.24) is 0 Å². The van der Waals surface area contributed by atoms with Crippen LogP contribution in [0.4, 0.5) is 0 Å². The molecular formula is C3H8ClNO. The summed E-state index contributed by atoms with van der Waals surface area (Å²) in [5, 5.41) is 0. The van der Waals surface area contributed by atoms with Crippen molar-refractivity contribution in [2.45, 2.75) is 6.92 Å². The molecule has 0 fully saturated rings. The first-order valence-corrected chi connectivity index (χ1v) is 1.38. The number of nitrogens with two attached hydrogens (primary N) is 1. The Morgan fingerprint density at radius 2 is 2.17 bits per heavy atom. The van der Waals surface area contributed by atoms with E-state index in [9.17, 15) is 0 Å². The van der Waals surface area contributed by atoms with Gasteiger partial charge in [-0.3, -0.25) is 0 Å². The lowest BCUT2D eigenvalue weighted by molar-refractivity contribution is 0.260. The van der Waals surface area contributed by atoms with Crippen molar-refractivity contribution in [3.63, 3.8) is 0 Å². The molecule has 0 rings (SSSR count). The van der Waals surface area contributed by atoms with Crippen molar-refractivity contribution in [3.8, 4) is 0 Å². The molecule has 0 aromatic rings. The van der Waals surface area contributed by atoms with Gasteiger partial charge in [-0.2, -0.15) is 5.90 Å². The topological polar surface area (TPSA) is 35.2 Å². The molecular weight excluding hydrogens is 101 g/mol. The molecule has 2 N–H and O–H groups in total. The first-order chi connectivity index (χ1) is 2.41. The van der Waals surface area contributed by atoms with E-state index in [1.54, 1.807) is 6.08 Å². The van der Waals surface area contributed by atoms with Gasteiger partial charge in [0.1, 0.15) is 6.26 Å². The molecule has 0 aromatic carbocycles. The highest BCUT2D eigenvalue weighted by molar-refractivity contribution is 5.85. The zero-order chi connectivity index (χ0) is 4.12. The van der Waals surface area contributed by atoms with E-state index in [0.717, 1.165) is 0 Å². The molecule has 0 aliphatic heterocycles. The molecule has 0 saturated carbocycles. The summed E-state index contributed by atoms with van der Waals surface area (Å²) in [4.78, 5) is 4.01. The molecule has 0 aliphatic rings. The highest BCUT2D eigenvalue weighted by Crippen LogP contribution is 1.60. The second-order valence-corrected chi connectivity index (χ2v) is 0.605. The fourth-order valence-electron chi connectivity index (χ4n) is 0.0786. The summed E-state index contributed by atoms with van der Waals surface area (Å²) < 4.78 is 0. The van der Waals surface area contributed by atoms with Crippen molar-refractivity contribution < 1.29 is 4.84 Å². The van der Waals surface area contributed by atoms with Crippen LogP contribution in [0.3, 0.4) is 0 Å². The number of rotatable bonds is 1. The quantitative estimate of drug-likeness (QED) is 0.400. The summed E-state index contributed by atoms with van der Waals surface area (Å²) in [6, 6.07) is 0. The first-order valence-electron chi connectivity index (χ1n) is 1.38. The maximum Gasteiger partial charge on any atom is 0.106 e. The number of hydrogen-bond acceptors (Lipinski definition) is 2. The number of hydrogen-bond donors (Lipinski definition) is 1. The zero-order valence-electron chi connectivity index (χ0n) is 3.55. The van der Waals surface area contributed by atoms with Crippen molar-refractivity contribution >= 4 is 12.4 Å². The Kier molecular flexibility index (Phi) is 13.6. The predicted octanol–water partition coefficient (Wildman–Crippen LogP) is 0.832. The minimum Gasteiger partial charge on any atom is -0.420 e. The van der Waals surface area contributed by atoms with Gasteiger partial charge in [-0.1, -0.05) is 6.08 Å². The van der Waals surface area contributed by atoms with E-state index in [2.05, 4.69) is 10.7 Å². The standard InChI is InChI=1S/C3H7NO.ClH/c1-2-3-5-4;/h2-3H,4H2,1H3;1H. The van der Waals surface area contributed by atoms with E-state index >= 15 is 0 Å². The molecule has 3 heteroatoms. The molecule has 0 unspecified atom stereocenters. The van der Waals surface area contributed by atoms with Crippen LogP contribution in [-0.4, -0.2) is 0 Å². The first kappa shape index (κ1) is 9.25. The molecule has 0 radical (unpaired) electrons. The normalized spacial score (nSPS) is 7.67. The van der Waals surface area contributed by atoms with Gasteiger partial charge in [0.05, 0.1) is 0 Å². The monoisotopic (exact) mass is 109 g/mol. The minimum atomic E-state index is 0. The highest BCUT2D eigenvalue weighted by Gasteiger charge is 1.47. The SMILES string of the molecule is CC=CON.Cl. The molecule has 0 aliphatic carbocycles. The van der Waals surface area contributed by atoms with Crippen LogP contribution in [0.25, 0.3) is 0 Å². The molecule has 0 amide bonds. The van der Waals surface area contributed by atoms with Crippen LogP contribution in [-0.2, 0) is 4.84 Å². The van der Waals surface area contributed by atoms with Crippen LogP contribution in [0.15, 0.2) is 12.3 Å². The minimum absolute atomic E-state index is 0. The van der Waals surface area contributed by atoms with E-state index < -0.39 is 0 Å². The Balaban J connectivity index is 0. The second-order valence-electron chi connectivity index (χ2n) is 0.605. The van der Waals surface area contributed by atoms with Crippen LogP contribution in [0, 0.1) is 0 Å². The lowest BCUT2D eigenvalue weighted by Gasteiger charge is -1.76. The van der Waals surface area contributed by atoms with Crippen LogP contribution in [0.2, 0.25) is 0 Å². The predicted molar refractivity (Wildman–Crippen MR) is 27.3 cm³/mol. The van der Waals surface area contributed by atoms with Crippen LogP contribution in [0.5, 0.6) is 0 Å². The maximum absolute atomic E-state index is 4.55. The molecule has 0 aromatic heterocycles. The van der Waals surface area contributed by atoms with Gasteiger partial charge in [0.2, 0.25) is 0 Å². The lowest BCUT2D eigenvalue weighted by atomic mass is 10.7. The summed E-state index contributed by atoms with van der Waals surface area (Å²) in [5.41, 5.74) is 0. The van der Waals surface area contributed by atoms with Crippen molar-refractivity contribution in [2.75, 3.05) is 0 Å². The van der Waals surface area contributed by atoms with E-state index in [-0.39, 0.29) is 12.4 Å². The molecule has 0 bridgehead atoms. The van der Waals surface area contributed by atoms with Gasteiger partial charge in [-0.05, 0) is 6.92 Å². The molecule has 2 nitrogen and oxygen atoms in total. The van der Waals surface area contributed by atoms with Gasteiger partial charge in [-0.15, -0.1) is 12.4 Å². The zero-order valence-corrected chi connectivity index (χ0v) is 4.37. The third kappa shape index (κ3) is 9.21. The Labute approximate surface area is 43.3 Å². The largest absolute Gasteiger partial charge is 0.420 e. The van der Waals surface area contributed by atoms with Crippen molar-refractivity contribution in [1.29, 1.82) is 0 Å². The van der Waals surface area contributed by atoms with Gasteiger partial charge in [0.25, 0.3) is 0 Å². The van der Waals surface area contributed by atoms with Gasteiger partial charge >= 0.3 is 0 Å². The highest BCUT2D eigenvalue weighted by atomic mass is 35.5. The van der Waals surface area contributed by atoms with E-state index in [0.29, 0.717) is 0 Å². The summed E-state index contributed by atoms with van der Waals surface area (Å²) in [7, 11) is 0. The summed E-state index contributed by atoms with van der Waals surface area (Å²) in [5.74, 6) is 4.55. The summed E-state index contributed by atoms with van der Waals surface area (Å²) in [6.45, 7) is 1.83. The average Bonchev–Trinajstić information content (AvgIpc) is 1.41. The summed E-state index contributed by atoms with van der Waals surface area (Å²) in [6.07, 6.45) is 3.11. The average molecular weight is 110 g/mol. The Bertz CT molecular complexity index is 37.8. The van der Waals surface area contributed by atoms with E-state index in [1.165, 1.54) is 6.26 Å². The van der Waals surface area contributed by atoms with E-state index in [4.69, 9.17) is 0 Å². The Morgan fingerprint density at radius 1 is 1.67 bits per heavy atom. The van der Waals surface area contributed by atoms with Gasteiger partial charge in [0.15, 0.2) is 0 Å². The van der Waals surface area contributed by atoms with Crippen LogP contribution in [0.1, 0.15) is 6.92 Å². The molecule has 0 atom stereocenters. The molecule has 0 saturated heterocycles. The molecule has 0 heterocycles. The fourth-order valence-corrected chi connectivity index (χ4v) is 0.0786. The number of allylic oxidation sites excluding steroid dienone is 1. The van der Waals surface area contributed by atoms with Crippen molar-refractivity contribution in [3.05, 3.63) is 12.3 Å². The maximum atomic E-state index is 4.55. The van der Waals surface area contributed by atoms with Crippen LogP contribution >= 0.6 is 12.4 Å². The smallest absolute Gasteiger partial charge is 0.106 e. The Morgan fingerprint density at radius 3 is 2.17 bits per heavy atom. The van der Waals surface area contributed by atoms with Gasteiger partial charge in [0, 0.05) is 0 Å². The van der Waals surface area contributed by atoms with E-state index in [1.807, 2.05) is 6.92 Å². The Hall–Kier alpha value is -0.210. The second kappa shape index (κ2) is 8.84. The third-order valence-electron chi connectivity index (χ3n) is 0.215. The van der Waals surface area contributed by atoms with Gasteiger partial charge < -0.3 is 4.84 Å². The summed E-state index contributed by atoms with van der Waals surface area (Å²) >= 11 is 0. The van der Waals surface area contributed by atoms with Crippen LogP contribution < -0.4 is 5.90 Å². The molecule has 6 heavy (non-hydrogen) atoms. The van der Waals surface area contributed by atoms with Crippen molar-refractivity contribution in [2.24, 2.45) is 5.90 Å². The molecule has 0 spiro atoms. The molecule has 38 valence electrons.